The van der Waals surface area contributed by atoms with E-state index in [2.05, 4.69) is 14.4 Å². The fraction of sp³-hybridized carbons (Fsp3) is 0.250. The highest BCUT2D eigenvalue weighted by molar-refractivity contribution is 7.89. The van der Waals surface area contributed by atoms with E-state index in [1.165, 1.54) is 6.07 Å². The number of sulfonamides is 1. The zero-order valence-electron chi connectivity index (χ0n) is 9.09. The first-order valence-electron chi connectivity index (χ1n) is 4.66. The van der Waals surface area contributed by atoms with Gasteiger partial charge in [0.15, 0.2) is 0 Å². The van der Waals surface area contributed by atoms with Crippen LogP contribution < -0.4 is 16.2 Å². The van der Waals surface area contributed by atoms with E-state index in [1.807, 2.05) is 0 Å². The molecule has 0 fully saturated rings. The maximum Gasteiger partial charge on any atom is 0.404 e. The number of amides is 1. The van der Waals surface area contributed by atoms with Crippen molar-refractivity contribution in [1.29, 1.82) is 0 Å². The molecule has 0 aliphatic carbocycles. The standard InChI is InChI=1S/C8H11ClN4O4S/c9-6-3-5(4-12-7(6)10)18(15,16)13-1-2-17-8(11)14/h3-4,13H,1-2H2,(H2,10,12)(H2,11,14). The molecule has 1 aromatic rings. The summed E-state index contributed by atoms with van der Waals surface area (Å²) >= 11 is 5.66. The lowest BCUT2D eigenvalue weighted by Crippen LogP contribution is -2.29. The summed E-state index contributed by atoms with van der Waals surface area (Å²) in [7, 11) is -3.78. The van der Waals surface area contributed by atoms with Crippen molar-refractivity contribution in [2.45, 2.75) is 4.90 Å². The van der Waals surface area contributed by atoms with Gasteiger partial charge in [-0.1, -0.05) is 11.6 Å². The largest absolute Gasteiger partial charge is 0.448 e. The normalized spacial score (nSPS) is 11.2. The Morgan fingerprint density at radius 2 is 2.22 bits per heavy atom. The number of nitrogens with two attached hydrogens (primary N) is 2. The number of nitrogens with one attached hydrogen (secondary N) is 1. The number of pyridine rings is 1. The number of nitrogen functional groups attached to an aromatic ring is 1. The molecule has 1 heterocycles. The molecule has 8 nitrogen and oxygen atoms in total. The van der Waals surface area contributed by atoms with Crippen molar-refractivity contribution in [3.8, 4) is 0 Å². The van der Waals surface area contributed by atoms with Crippen molar-refractivity contribution in [3.05, 3.63) is 17.3 Å². The molecule has 0 aliphatic rings. The lowest BCUT2D eigenvalue weighted by molar-refractivity contribution is 0.159. The Balaban J connectivity index is 2.68. The van der Waals surface area contributed by atoms with Crippen LogP contribution in [0.4, 0.5) is 10.6 Å². The van der Waals surface area contributed by atoms with Crippen LogP contribution in [0.1, 0.15) is 0 Å². The molecule has 0 radical (unpaired) electrons. The molecular weight excluding hydrogens is 284 g/mol. The Labute approximate surface area is 108 Å². The van der Waals surface area contributed by atoms with E-state index in [4.69, 9.17) is 23.1 Å². The van der Waals surface area contributed by atoms with Crippen LogP contribution in [0.5, 0.6) is 0 Å². The van der Waals surface area contributed by atoms with Crippen LogP contribution in [0, 0.1) is 0 Å². The fourth-order valence-electron chi connectivity index (χ4n) is 0.989. The fourth-order valence-corrected chi connectivity index (χ4v) is 2.20. The van der Waals surface area contributed by atoms with Crippen LogP contribution in [0.3, 0.4) is 0 Å². The predicted octanol–water partition coefficient (Wildman–Crippen LogP) is -0.309. The van der Waals surface area contributed by atoms with Gasteiger partial charge < -0.3 is 16.2 Å². The van der Waals surface area contributed by atoms with Crippen LogP contribution in [-0.4, -0.2) is 32.6 Å². The number of primary amides is 1. The summed E-state index contributed by atoms with van der Waals surface area (Å²) in [6, 6.07) is 1.17. The molecule has 1 aromatic heterocycles. The highest BCUT2D eigenvalue weighted by Crippen LogP contribution is 2.19. The number of anilines is 1. The SMILES string of the molecule is NC(=O)OCCNS(=O)(=O)c1cnc(N)c(Cl)c1. The van der Waals surface area contributed by atoms with Crippen molar-refractivity contribution in [2.75, 3.05) is 18.9 Å². The molecule has 100 valence electrons. The van der Waals surface area contributed by atoms with E-state index in [-0.39, 0.29) is 28.9 Å². The van der Waals surface area contributed by atoms with Gasteiger partial charge in [0.2, 0.25) is 10.0 Å². The molecule has 18 heavy (non-hydrogen) atoms. The maximum atomic E-state index is 11.7. The molecule has 0 unspecified atom stereocenters. The topological polar surface area (TPSA) is 137 Å². The molecule has 0 saturated carbocycles. The van der Waals surface area contributed by atoms with E-state index in [0.29, 0.717) is 0 Å². The molecule has 0 aliphatic heterocycles. The second-order valence-electron chi connectivity index (χ2n) is 3.10. The molecule has 0 atom stereocenters. The van der Waals surface area contributed by atoms with Crippen molar-refractivity contribution >= 4 is 33.5 Å². The summed E-state index contributed by atoms with van der Waals surface area (Å²) in [4.78, 5) is 13.7. The van der Waals surface area contributed by atoms with E-state index in [9.17, 15) is 13.2 Å². The van der Waals surface area contributed by atoms with Gasteiger partial charge in [-0.2, -0.15) is 0 Å². The summed E-state index contributed by atoms with van der Waals surface area (Å²) in [5.74, 6) is 0.0349. The highest BCUT2D eigenvalue weighted by atomic mass is 35.5. The third kappa shape index (κ3) is 4.02. The van der Waals surface area contributed by atoms with Crippen molar-refractivity contribution in [2.24, 2.45) is 5.73 Å². The first kappa shape index (κ1) is 14.5. The molecule has 5 N–H and O–H groups in total. The van der Waals surface area contributed by atoms with E-state index in [1.54, 1.807) is 0 Å². The second kappa shape index (κ2) is 5.85. The summed E-state index contributed by atoms with van der Waals surface area (Å²) in [5.41, 5.74) is 10.1. The van der Waals surface area contributed by atoms with E-state index < -0.39 is 16.1 Å². The summed E-state index contributed by atoms with van der Waals surface area (Å²) < 4.78 is 30.0. The minimum Gasteiger partial charge on any atom is -0.448 e. The Bertz CT molecular complexity index is 548. The number of hydrogen-bond acceptors (Lipinski definition) is 6. The smallest absolute Gasteiger partial charge is 0.404 e. The lowest BCUT2D eigenvalue weighted by Gasteiger charge is -2.07. The number of aromatic nitrogens is 1. The molecule has 1 amide bonds. The molecule has 1 rings (SSSR count). The minimum absolute atomic E-state index is 0.0336. The van der Waals surface area contributed by atoms with Crippen LogP contribution in [0.15, 0.2) is 17.2 Å². The molecule has 0 saturated heterocycles. The van der Waals surface area contributed by atoms with Gasteiger partial charge >= 0.3 is 6.09 Å². The van der Waals surface area contributed by atoms with Crippen LogP contribution >= 0.6 is 11.6 Å². The number of hydrogen-bond donors (Lipinski definition) is 3. The summed E-state index contributed by atoms with van der Waals surface area (Å²) in [6.07, 6.45) is 0.0878. The zero-order chi connectivity index (χ0) is 13.8. The van der Waals surface area contributed by atoms with Crippen LogP contribution in [0.25, 0.3) is 0 Å². The number of halogens is 1. The molecule has 0 aromatic carbocycles. The number of ether oxygens (including phenoxy) is 1. The third-order valence-electron chi connectivity index (χ3n) is 1.79. The van der Waals surface area contributed by atoms with Crippen LogP contribution in [-0.2, 0) is 14.8 Å². The molecule has 0 spiro atoms. The number of rotatable bonds is 5. The van der Waals surface area contributed by atoms with Crippen molar-refractivity contribution in [3.63, 3.8) is 0 Å². The van der Waals surface area contributed by atoms with Gasteiger partial charge in [-0.05, 0) is 6.07 Å². The van der Waals surface area contributed by atoms with Gasteiger partial charge in [-0.3, -0.25) is 0 Å². The van der Waals surface area contributed by atoms with Gasteiger partial charge in [0.05, 0.1) is 5.02 Å². The maximum absolute atomic E-state index is 11.7. The second-order valence-corrected chi connectivity index (χ2v) is 5.28. The molecule has 0 bridgehead atoms. The predicted molar refractivity (Wildman–Crippen MR) is 64.4 cm³/mol. The Morgan fingerprint density at radius 1 is 1.56 bits per heavy atom. The van der Waals surface area contributed by atoms with Gasteiger partial charge in [0.25, 0.3) is 0 Å². The number of nitrogens with zero attached hydrogens (tertiary/aromatic N) is 1. The van der Waals surface area contributed by atoms with Crippen molar-refractivity contribution in [1.82, 2.24) is 9.71 Å². The van der Waals surface area contributed by atoms with Gasteiger partial charge in [0.1, 0.15) is 17.3 Å². The summed E-state index contributed by atoms with van der Waals surface area (Å²) in [6.45, 7) is -0.294. The number of carbonyl (C=O) groups is 1. The van der Waals surface area contributed by atoms with E-state index >= 15 is 0 Å². The average molecular weight is 295 g/mol. The monoisotopic (exact) mass is 294 g/mol. The Hall–Kier alpha value is -1.58. The van der Waals surface area contributed by atoms with Gasteiger partial charge in [0, 0.05) is 12.7 Å². The minimum atomic E-state index is -3.78. The lowest BCUT2D eigenvalue weighted by atomic mass is 10.5. The zero-order valence-corrected chi connectivity index (χ0v) is 10.7. The van der Waals surface area contributed by atoms with Crippen LogP contribution in [0.2, 0.25) is 5.02 Å². The summed E-state index contributed by atoms with van der Waals surface area (Å²) in [5, 5.41) is 0.0336. The van der Waals surface area contributed by atoms with E-state index in [0.717, 1.165) is 6.20 Å². The van der Waals surface area contributed by atoms with Gasteiger partial charge in [-0.15, -0.1) is 0 Å². The quantitative estimate of drug-likeness (QED) is 0.637. The third-order valence-corrected chi connectivity index (χ3v) is 3.52. The molecule has 10 heteroatoms. The van der Waals surface area contributed by atoms with Crippen molar-refractivity contribution < 1.29 is 17.9 Å². The number of carbonyl (C=O) groups excluding carboxylic acids is 1. The Kier molecular flexibility index (Phi) is 4.70. The Morgan fingerprint density at radius 3 is 2.78 bits per heavy atom. The molecular formula is C8H11ClN4O4S. The first-order chi connectivity index (χ1) is 8.33. The van der Waals surface area contributed by atoms with Gasteiger partial charge in [-0.25, -0.2) is 22.9 Å². The highest BCUT2D eigenvalue weighted by Gasteiger charge is 2.15. The average Bonchev–Trinajstić information content (AvgIpc) is 2.28. The first-order valence-corrected chi connectivity index (χ1v) is 6.52.